The summed E-state index contributed by atoms with van der Waals surface area (Å²) in [4.78, 5) is 12.3. The molecule has 0 unspecified atom stereocenters. The number of hydrogen-bond donors (Lipinski definition) is 1. The molecule has 1 amide bonds. The van der Waals surface area contributed by atoms with Gasteiger partial charge in [-0.2, -0.15) is 0 Å². The Kier molecular flexibility index (Phi) is 4.39. The number of thioether (sulfide) groups is 1. The average Bonchev–Trinajstić information content (AvgIpc) is 2.62. The van der Waals surface area contributed by atoms with Crippen molar-refractivity contribution in [3.8, 4) is 0 Å². The summed E-state index contributed by atoms with van der Waals surface area (Å²) in [6.45, 7) is 1.73. The Balaban J connectivity index is 1.89. The molecule has 2 rings (SSSR count). The summed E-state index contributed by atoms with van der Waals surface area (Å²) in [6.07, 6.45) is 0.422. The van der Waals surface area contributed by atoms with Gasteiger partial charge in [-0.3, -0.25) is 4.79 Å². The minimum atomic E-state index is -3.05. The van der Waals surface area contributed by atoms with E-state index in [0.717, 1.165) is 11.8 Å². The van der Waals surface area contributed by atoms with E-state index in [-0.39, 0.29) is 29.0 Å². The molecular formula is C13H16FNO3S2. The summed E-state index contributed by atoms with van der Waals surface area (Å²) in [5, 5.41) is 2.74. The van der Waals surface area contributed by atoms with Crippen LogP contribution in [0.3, 0.4) is 0 Å². The Morgan fingerprint density at radius 3 is 2.75 bits per heavy atom. The second-order valence-corrected chi connectivity index (χ2v) is 8.37. The second kappa shape index (κ2) is 5.73. The van der Waals surface area contributed by atoms with Crippen LogP contribution in [0.4, 0.5) is 4.39 Å². The molecular weight excluding hydrogens is 301 g/mol. The van der Waals surface area contributed by atoms with Gasteiger partial charge in [0.2, 0.25) is 5.91 Å². The van der Waals surface area contributed by atoms with Crippen molar-refractivity contribution in [2.24, 2.45) is 0 Å². The molecule has 0 aromatic heterocycles. The summed E-state index contributed by atoms with van der Waals surface area (Å²) < 4.78 is 36.3. The lowest BCUT2D eigenvalue weighted by atomic mass is 10.0. The van der Waals surface area contributed by atoms with E-state index >= 15 is 0 Å². The van der Waals surface area contributed by atoms with Crippen LogP contribution in [0.15, 0.2) is 29.2 Å². The predicted molar refractivity (Wildman–Crippen MR) is 76.9 cm³/mol. The molecule has 1 fully saturated rings. The molecule has 110 valence electrons. The molecule has 0 saturated carbocycles. The van der Waals surface area contributed by atoms with Gasteiger partial charge < -0.3 is 5.32 Å². The van der Waals surface area contributed by atoms with E-state index in [0.29, 0.717) is 11.3 Å². The summed E-state index contributed by atoms with van der Waals surface area (Å²) in [5.41, 5.74) is -0.703. The monoisotopic (exact) mass is 317 g/mol. The van der Waals surface area contributed by atoms with Crippen LogP contribution in [0.5, 0.6) is 0 Å². The molecule has 0 aliphatic carbocycles. The fourth-order valence-electron chi connectivity index (χ4n) is 2.19. The fourth-order valence-corrected chi connectivity index (χ4v) is 5.02. The van der Waals surface area contributed by atoms with Crippen LogP contribution >= 0.6 is 11.8 Å². The SMILES string of the molecule is C[C@@]1(NC(=O)CSc2ccccc2F)CCS(=O)(=O)C1. The van der Waals surface area contributed by atoms with Crippen molar-refractivity contribution >= 4 is 27.5 Å². The summed E-state index contributed by atoms with van der Waals surface area (Å²) in [6, 6.07) is 6.23. The first kappa shape index (κ1) is 15.3. The van der Waals surface area contributed by atoms with Gasteiger partial charge in [0.05, 0.1) is 22.8 Å². The molecule has 7 heteroatoms. The van der Waals surface area contributed by atoms with Gasteiger partial charge in [0.25, 0.3) is 0 Å². The number of nitrogens with one attached hydrogen (secondary N) is 1. The van der Waals surface area contributed by atoms with Crippen LogP contribution in [0.2, 0.25) is 0 Å². The highest BCUT2D eigenvalue weighted by Gasteiger charge is 2.39. The maximum atomic E-state index is 13.4. The quantitative estimate of drug-likeness (QED) is 0.857. The second-order valence-electron chi connectivity index (χ2n) is 5.17. The number of rotatable bonds is 4. The molecule has 1 heterocycles. The number of carbonyl (C=O) groups is 1. The molecule has 1 aliphatic heterocycles. The summed E-state index contributed by atoms with van der Waals surface area (Å²) >= 11 is 1.10. The topological polar surface area (TPSA) is 63.2 Å². The summed E-state index contributed by atoms with van der Waals surface area (Å²) in [7, 11) is -3.05. The largest absolute Gasteiger partial charge is 0.349 e. The molecule has 1 aliphatic rings. The van der Waals surface area contributed by atoms with Gasteiger partial charge in [0.1, 0.15) is 5.82 Å². The third-order valence-electron chi connectivity index (χ3n) is 3.14. The van der Waals surface area contributed by atoms with Crippen LogP contribution in [0.1, 0.15) is 13.3 Å². The van der Waals surface area contributed by atoms with Crippen molar-refractivity contribution in [1.29, 1.82) is 0 Å². The number of carbonyl (C=O) groups excluding carboxylic acids is 1. The van der Waals surface area contributed by atoms with Gasteiger partial charge in [-0.25, -0.2) is 12.8 Å². The maximum Gasteiger partial charge on any atom is 0.230 e. The highest BCUT2D eigenvalue weighted by molar-refractivity contribution is 8.00. The van der Waals surface area contributed by atoms with Crippen LogP contribution in [0.25, 0.3) is 0 Å². The van der Waals surface area contributed by atoms with Crippen molar-refractivity contribution in [3.05, 3.63) is 30.1 Å². The smallest absolute Gasteiger partial charge is 0.230 e. The minimum Gasteiger partial charge on any atom is -0.349 e. The van der Waals surface area contributed by atoms with E-state index in [1.165, 1.54) is 6.07 Å². The Hall–Kier alpha value is -1.08. The lowest BCUT2D eigenvalue weighted by molar-refractivity contribution is -0.120. The van der Waals surface area contributed by atoms with Crippen LogP contribution in [0, 0.1) is 5.82 Å². The van der Waals surface area contributed by atoms with Gasteiger partial charge in [0, 0.05) is 4.90 Å². The zero-order chi connectivity index (χ0) is 14.8. The van der Waals surface area contributed by atoms with Gasteiger partial charge in [-0.15, -0.1) is 11.8 Å². The lowest BCUT2D eigenvalue weighted by Crippen LogP contribution is -2.47. The first-order valence-corrected chi connectivity index (χ1v) is 8.99. The van der Waals surface area contributed by atoms with E-state index < -0.39 is 15.4 Å². The van der Waals surface area contributed by atoms with Crippen molar-refractivity contribution in [2.75, 3.05) is 17.3 Å². The highest BCUT2D eigenvalue weighted by atomic mass is 32.2. The first-order valence-electron chi connectivity index (χ1n) is 6.18. The van der Waals surface area contributed by atoms with Gasteiger partial charge >= 0.3 is 0 Å². The van der Waals surface area contributed by atoms with Gasteiger partial charge in [-0.1, -0.05) is 12.1 Å². The predicted octanol–water partition coefficient (Wildman–Crippen LogP) is 1.61. The van der Waals surface area contributed by atoms with Gasteiger partial charge in [0.15, 0.2) is 9.84 Å². The van der Waals surface area contributed by atoms with E-state index in [4.69, 9.17) is 0 Å². The Labute approximate surface area is 122 Å². The van der Waals surface area contributed by atoms with Gasteiger partial charge in [-0.05, 0) is 25.5 Å². The minimum absolute atomic E-state index is 0.0316. The zero-order valence-electron chi connectivity index (χ0n) is 11.1. The molecule has 1 aromatic rings. The molecule has 0 spiro atoms. The van der Waals surface area contributed by atoms with E-state index in [2.05, 4.69) is 5.32 Å². The third kappa shape index (κ3) is 3.96. The van der Waals surface area contributed by atoms with E-state index in [1.54, 1.807) is 25.1 Å². The Morgan fingerprint density at radius 2 is 2.15 bits per heavy atom. The van der Waals surface area contributed by atoms with Crippen molar-refractivity contribution in [2.45, 2.75) is 23.8 Å². The molecule has 0 radical (unpaired) electrons. The molecule has 1 atom stereocenters. The third-order valence-corrected chi connectivity index (χ3v) is 6.09. The molecule has 1 N–H and O–H groups in total. The van der Waals surface area contributed by atoms with Crippen LogP contribution in [-0.2, 0) is 14.6 Å². The van der Waals surface area contributed by atoms with E-state index in [9.17, 15) is 17.6 Å². The zero-order valence-corrected chi connectivity index (χ0v) is 12.7. The molecule has 1 aromatic carbocycles. The molecule has 4 nitrogen and oxygen atoms in total. The first-order chi connectivity index (χ1) is 9.30. The highest BCUT2D eigenvalue weighted by Crippen LogP contribution is 2.24. The molecule has 20 heavy (non-hydrogen) atoms. The van der Waals surface area contributed by atoms with Crippen molar-refractivity contribution in [3.63, 3.8) is 0 Å². The van der Waals surface area contributed by atoms with Crippen molar-refractivity contribution in [1.82, 2.24) is 5.32 Å². The Morgan fingerprint density at radius 1 is 1.45 bits per heavy atom. The molecule has 0 bridgehead atoms. The number of benzene rings is 1. The normalized spacial score (nSPS) is 24.5. The van der Waals surface area contributed by atoms with Crippen molar-refractivity contribution < 1.29 is 17.6 Å². The fraction of sp³-hybridized carbons (Fsp3) is 0.462. The number of amides is 1. The number of hydrogen-bond acceptors (Lipinski definition) is 4. The molecule has 1 saturated heterocycles. The van der Waals surface area contributed by atoms with Crippen LogP contribution < -0.4 is 5.32 Å². The van der Waals surface area contributed by atoms with Crippen LogP contribution in [-0.4, -0.2) is 37.1 Å². The van der Waals surface area contributed by atoms with E-state index in [1.807, 2.05) is 0 Å². The lowest BCUT2D eigenvalue weighted by Gasteiger charge is -2.23. The number of halogens is 1. The summed E-state index contributed by atoms with van der Waals surface area (Å²) in [5.74, 6) is -0.505. The Bertz CT molecular complexity index is 618. The average molecular weight is 317 g/mol. The standard InChI is InChI=1S/C13H16FNO3S2/c1-13(6-7-20(17,18)9-13)15-12(16)8-19-11-5-3-2-4-10(11)14/h2-5H,6-9H2,1H3,(H,15,16)/t13-/m1/s1. The number of sulfone groups is 1. The maximum absolute atomic E-state index is 13.4.